The van der Waals surface area contributed by atoms with Gasteiger partial charge < -0.3 is 14.1 Å². The van der Waals surface area contributed by atoms with Crippen molar-refractivity contribution >= 4 is 17.7 Å². The molecule has 23 heavy (non-hydrogen) atoms. The van der Waals surface area contributed by atoms with E-state index in [1.165, 1.54) is 24.6 Å². The van der Waals surface area contributed by atoms with E-state index >= 15 is 0 Å². The predicted octanol–water partition coefficient (Wildman–Crippen LogP) is 2.59. The number of ether oxygens (including phenoxy) is 1. The minimum atomic E-state index is -0.443. The maximum Gasteiger partial charge on any atom is 0.289 e. The van der Waals surface area contributed by atoms with Crippen LogP contribution in [0.2, 0.25) is 0 Å². The van der Waals surface area contributed by atoms with E-state index < -0.39 is 5.82 Å². The summed E-state index contributed by atoms with van der Waals surface area (Å²) in [7, 11) is 0. The van der Waals surface area contributed by atoms with E-state index in [2.05, 4.69) is 4.98 Å². The lowest BCUT2D eigenvalue weighted by Gasteiger charge is -2.46. The third kappa shape index (κ3) is 2.69. The molecule has 4 rings (SSSR count). The van der Waals surface area contributed by atoms with E-state index in [0.29, 0.717) is 18.8 Å². The highest BCUT2D eigenvalue weighted by atomic mass is 32.2. The zero-order chi connectivity index (χ0) is 15.9. The summed E-state index contributed by atoms with van der Waals surface area (Å²) in [6, 6.07) is 6.26. The number of hydrogen-bond acceptors (Lipinski definition) is 5. The fourth-order valence-corrected chi connectivity index (χ4v) is 4.59. The van der Waals surface area contributed by atoms with Crippen LogP contribution in [0.25, 0.3) is 0 Å². The number of carbonyl (C=O) groups excluding carboxylic acids is 1. The van der Waals surface area contributed by atoms with E-state index in [4.69, 9.17) is 9.15 Å². The summed E-state index contributed by atoms with van der Waals surface area (Å²) in [6.45, 7) is 1.34. The maximum atomic E-state index is 13.6. The topological polar surface area (TPSA) is 55.6 Å². The van der Waals surface area contributed by atoms with Crippen molar-refractivity contribution in [3.8, 4) is 5.88 Å². The van der Waals surface area contributed by atoms with Crippen LogP contribution in [0.5, 0.6) is 5.88 Å². The molecule has 0 aliphatic carbocycles. The first-order valence-corrected chi connectivity index (χ1v) is 8.38. The van der Waals surface area contributed by atoms with Crippen LogP contribution in [0, 0.1) is 5.82 Å². The summed E-state index contributed by atoms with van der Waals surface area (Å²) in [5.74, 6) is 0.672. The van der Waals surface area contributed by atoms with Crippen molar-refractivity contribution in [2.75, 3.05) is 18.8 Å². The minimum absolute atomic E-state index is 0.0121. The molecule has 120 valence electrons. The zero-order valence-corrected chi connectivity index (χ0v) is 13.1. The van der Waals surface area contributed by atoms with Crippen LogP contribution in [0.1, 0.15) is 17.0 Å². The maximum absolute atomic E-state index is 13.6. The number of nitrogens with zero attached hydrogens (tertiary/aromatic N) is 2. The molecule has 2 aliphatic rings. The van der Waals surface area contributed by atoms with Crippen LogP contribution in [0.15, 0.2) is 41.1 Å². The molecule has 1 amide bonds. The van der Waals surface area contributed by atoms with Gasteiger partial charge in [0.2, 0.25) is 0 Å². The van der Waals surface area contributed by atoms with Crippen molar-refractivity contribution in [1.29, 1.82) is 0 Å². The fourth-order valence-electron chi connectivity index (χ4n) is 3.06. The van der Waals surface area contributed by atoms with Crippen LogP contribution in [-0.2, 0) is 0 Å². The lowest BCUT2D eigenvalue weighted by molar-refractivity contribution is 0.0483. The highest BCUT2D eigenvalue weighted by Crippen LogP contribution is 2.46. The SMILES string of the molecule is O=C(c1ccco1)N1CC2(C[C@H](Oc3ncccc3F)CS2)C1. The number of pyridine rings is 1. The number of thioether (sulfide) groups is 1. The van der Waals surface area contributed by atoms with Crippen molar-refractivity contribution in [3.63, 3.8) is 0 Å². The summed E-state index contributed by atoms with van der Waals surface area (Å²) in [5.41, 5.74) is 0. The molecule has 0 unspecified atom stereocenters. The quantitative estimate of drug-likeness (QED) is 0.863. The number of halogens is 1. The molecule has 5 nitrogen and oxygen atoms in total. The average molecular weight is 334 g/mol. The van der Waals surface area contributed by atoms with Gasteiger partial charge in [-0.3, -0.25) is 4.79 Å². The minimum Gasteiger partial charge on any atom is -0.471 e. The molecule has 2 saturated heterocycles. The Bertz CT molecular complexity index is 716. The molecule has 1 atom stereocenters. The normalized spacial score (nSPS) is 22.1. The Morgan fingerprint density at radius 2 is 2.30 bits per heavy atom. The van der Waals surface area contributed by atoms with E-state index in [1.807, 2.05) is 0 Å². The first kappa shape index (κ1) is 14.6. The van der Waals surface area contributed by atoms with Crippen LogP contribution in [0.3, 0.4) is 0 Å². The Kier molecular flexibility index (Phi) is 3.52. The second-order valence-corrected chi connectivity index (χ2v) is 7.35. The second-order valence-electron chi connectivity index (χ2n) is 5.87. The lowest BCUT2D eigenvalue weighted by Crippen LogP contribution is -2.60. The van der Waals surface area contributed by atoms with Gasteiger partial charge in [-0.05, 0) is 24.3 Å². The standard InChI is InChI=1S/C16H15FN2O3S/c17-12-3-1-5-18-14(12)22-11-7-16(23-8-11)9-19(10-16)15(20)13-4-2-6-21-13/h1-6,11H,7-10H2/t11-/m0/s1. The van der Waals surface area contributed by atoms with Crippen molar-refractivity contribution in [2.45, 2.75) is 17.3 Å². The third-order valence-electron chi connectivity index (χ3n) is 4.16. The Hall–Kier alpha value is -2.02. The molecule has 1 spiro atoms. The van der Waals surface area contributed by atoms with Crippen LogP contribution in [-0.4, -0.2) is 45.5 Å². The van der Waals surface area contributed by atoms with Gasteiger partial charge in [0.05, 0.1) is 11.0 Å². The first-order chi connectivity index (χ1) is 11.2. The number of amides is 1. The molecule has 2 fully saturated rings. The van der Waals surface area contributed by atoms with Crippen molar-refractivity contribution in [1.82, 2.24) is 9.88 Å². The highest BCUT2D eigenvalue weighted by Gasteiger charge is 2.51. The number of hydrogen-bond donors (Lipinski definition) is 0. The molecule has 0 N–H and O–H groups in total. The molecular weight excluding hydrogens is 319 g/mol. The van der Waals surface area contributed by atoms with Crippen molar-refractivity contribution in [2.24, 2.45) is 0 Å². The third-order valence-corrected chi connectivity index (χ3v) is 5.73. The van der Waals surface area contributed by atoms with Gasteiger partial charge in [-0.2, -0.15) is 0 Å². The molecule has 2 aromatic rings. The number of likely N-dealkylation sites (tertiary alicyclic amines) is 1. The Labute approximate surface area is 136 Å². The molecule has 0 radical (unpaired) electrons. The first-order valence-electron chi connectivity index (χ1n) is 7.39. The Morgan fingerprint density at radius 1 is 1.43 bits per heavy atom. The van der Waals surface area contributed by atoms with E-state index in [-0.39, 0.29) is 22.6 Å². The molecule has 0 aromatic carbocycles. The highest BCUT2D eigenvalue weighted by molar-refractivity contribution is 8.01. The van der Waals surface area contributed by atoms with Crippen LogP contribution >= 0.6 is 11.8 Å². The number of rotatable bonds is 3. The summed E-state index contributed by atoms with van der Waals surface area (Å²) in [6.07, 6.45) is 3.72. The number of aromatic nitrogens is 1. The summed E-state index contributed by atoms with van der Waals surface area (Å²) >= 11 is 1.78. The molecule has 7 heteroatoms. The fraction of sp³-hybridized carbons (Fsp3) is 0.375. The monoisotopic (exact) mass is 334 g/mol. The molecule has 0 saturated carbocycles. The van der Waals surface area contributed by atoms with Gasteiger partial charge >= 0.3 is 0 Å². The van der Waals surface area contributed by atoms with Crippen LogP contribution in [0.4, 0.5) is 4.39 Å². The van der Waals surface area contributed by atoms with Gasteiger partial charge in [-0.25, -0.2) is 9.37 Å². The molecule has 4 heterocycles. The van der Waals surface area contributed by atoms with Crippen molar-refractivity contribution in [3.05, 3.63) is 48.3 Å². The number of carbonyl (C=O) groups is 1. The smallest absolute Gasteiger partial charge is 0.289 e. The van der Waals surface area contributed by atoms with Crippen molar-refractivity contribution < 1.29 is 18.3 Å². The lowest BCUT2D eigenvalue weighted by atomic mass is 9.92. The molecular formula is C16H15FN2O3S. The molecule has 0 bridgehead atoms. The van der Waals surface area contributed by atoms with Gasteiger partial charge in [0, 0.05) is 31.5 Å². The Morgan fingerprint density at radius 3 is 3.04 bits per heavy atom. The molecule has 2 aromatic heterocycles. The van der Waals surface area contributed by atoms with E-state index in [1.54, 1.807) is 28.8 Å². The van der Waals surface area contributed by atoms with Gasteiger partial charge in [0.1, 0.15) is 6.10 Å². The van der Waals surface area contributed by atoms with Crippen LogP contribution < -0.4 is 4.74 Å². The number of furan rings is 1. The second kappa shape index (κ2) is 5.56. The van der Waals surface area contributed by atoms with E-state index in [9.17, 15) is 9.18 Å². The predicted molar refractivity (Wildman–Crippen MR) is 83.0 cm³/mol. The Balaban J connectivity index is 1.35. The molecule has 2 aliphatic heterocycles. The average Bonchev–Trinajstić information content (AvgIpc) is 3.17. The summed E-state index contributed by atoms with van der Waals surface area (Å²) in [5, 5.41) is 0. The summed E-state index contributed by atoms with van der Waals surface area (Å²) in [4.78, 5) is 17.9. The van der Waals surface area contributed by atoms with Gasteiger partial charge in [0.15, 0.2) is 11.6 Å². The van der Waals surface area contributed by atoms with Gasteiger partial charge in [-0.15, -0.1) is 11.8 Å². The van der Waals surface area contributed by atoms with Gasteiger partial charge in [-0.1, -0.05) is 0 Å². The zero-order valence-electron chi connectivity index (χ0n) is 12.3. The summed E-state index contributed by atoms with van der Waals surface area (Å²) < 4.78 is 24.4. The van der Waals surface area contributed by atoms with Gasteiger partial charge in [0.25, 0.3) is 11.8 Å². The van der Waals surface area contributed by atoms with E-state index in [0.717, 1.165) is 12.2 Å². The largest absolute Gasteiger partial charge is 0.471 e.